The molecule has 1 aromatic heterocycles. The molecular weight excluding hydrogens is 349 g/mol. The van der Waals surface area contributed by atoms with Gasteiger partial charge in [-0.2, -0.15) is 4.98 Å². The molecule has 0 aliphatic carbocycles. The van der Waals surface area contributed by atoms with Crippen molar-refractivity contribution in [1.82, 2.24) is 9.55 Å². The third kappa shape index (κ3) is 3.44. The molecule has 2 aromatic carbocycles. The number of aromatic nitrogens is 2. The number of halogens is 3. The summed E-state index contributed by atoms with van der Waals surface area (Å²) in [5, 5.41) is 9.38. The largest absolute Gasteiger partial charge is 0.480 e. The number of hydrogen-bond acceptors (Lipinski definition) is 3. The molecule has 0 bridgehead atoms. The van der Waals surface area contributed by atoms with Gasteiger partial charge in [-0.1, -0.05) is 12.1 Å². The van der Waals surface area contributed by atoms with Gasteiger partial charge in [-0.25, -0.2) is 13.2 Å². The molecule has 5 nitrogen and oxygen atoms in total. The summed E-state index contributed by atoms with van der Waals surface area (Å²) < 4.78 is 41.9. The maximum absolute atomic E-state index is 13.8. The minimum atomic E-state index is -1.15. The second kappa shape index (κ2) is 6.99. The maximum Gasteiger partial charge on any atom is 0.323 e. The summed E-state index contributed by atoms with van der Waals surface area (Å²) >= 11 is 0. The Morgan fingerprint density at radius 3 is 2.38 bits per heavy atom. The summed E-state index contributed by atoms with van der Waals surface area (Å²) in [6.45, 7) is -0.461. The summed E-state index contributed by atoms with van der Waals surface area (Å²) in [4.78, 5) is 27.2. The molecular formula is C18H13F3N2O3. The second-order valence-corrected chi connectivity index (χ2v) is 5.68. The number of carboxylic acid groups (broad SMARTS) is 1. The van der Waals surface area contributed by atoms with Crippen LogP contribution in [0.1, 0.15) is 11.4 Å². The van der Waals surface area contributed by atoms with E-state index in [0.29, 0.717) is 17.6 Å². The van der Waals surface area contributed by atoms with Crippen LogP contribution in [0.3, 0.4) is 0 Å². The Morgan fingerprint density at radius 1 is 1.08 bits per heavy atom. The van der Waals surface area contributed by atoms with Crippen LogP contribution in [0.2, 0.25) is 0 Å². The van der Waals surface area contributed by atoms with Gasteiger partial charge in [0.05, 0.1) is 10.9 Å². The SMILES string of the molecule is O=C(O)Cn1c(CCc2c(F)cc(F)cc2F)nc(=O)c2ccccc21. The average Bonchev–Trinajstić information content (AvgIpc) is 2.57. The van der Waals surface area contributed by atoms with Crippen LogP contribution >= 0.6 is 0 Å². The summed E-state index contributed by atoms with van der Waals surface area (Å²) in [6.07, 6.45) is -0.296. The highest BCUT2D eigenvalue weighted by Crippen LogP contribution is 2.18. The van der Waals surface area contributed by atoms with E-state index in [0.717, 1.165) is 0 Å². The van der Waals surface area contributed by atoms with Crippen molar-refractivity contribution in [1.29, 1.82) is 0 Å². The lowest BCUT2D eigenvalue weighted by molar-refractivity contribution is -0.137. The van der Waals surface area contributed by atoms with Gasteiger partial charge >= 0.3 is 5.97 Å². The van der Waals surface area contributed by atoms with Crippen LogP contribution in [0.4, 0.5) is 13.2 Å². The molecule has 0 radical (unpaired) electrons. The summed E-state index contributed by atoms with van der Waals surface area (Å²) in [5.41, 5.74) is -0.544. The number of benzene rings is 2. The van der Waals surface area contributed by atoms with Crippen LogP contribution in [-0.2, 0) is 24.2 Å². The van der Waals surface area contributed by atoms with Gasteiger partial charge in [0.1, 0.15) is 29.8 Å². The normalized spacial score (nSPS) is 11.0. The molecule has 8 heteroatoms. The number of hydrogen-bond donors (Lipinski definition) is 1. The average molecular weight is 362 g/mol. The first-order valence-electron chi connectivity index (χ1n) is 7.70. The van der Waals surface area contributed by atoms with E-state index in [9.17, 15) is 22.8 Å². The number of para-hydroxylation sites is 1. The predicted molar refractivity (Wildman–Crippen MR) is 87.4 cm³/mol. The van der Waals surface area contributed by atoms with Crippen molar-refractivity contribution in [3.63, 3.8) is 0 Å². The van der Waals surface area contributed by atoms with Crippen molar-refractivity contribution in [3.05, 3.63) is 75.6 Å². The van der Waals surface area contributed by atoms with Gasteiger partial charge in [-0.3, -0.25) is 9.59 Å². The van der Waals surface area contributed by atoms with Gasteiger partial charge in [-0.05, 0) is 18.6 Å². The third-order valence-electron chi connectivity index (χ3n) is 3.97. The molecule has 0 unspecified atom stereocenters. The van der Waals surface area contributed by atoms with Gasteiger partial charge < -0.3 is 9.67 Å². The Balaban J connectivity index is 2.05. The van der Waals surface area contributed by atoms with Crippen LogP contribution in [0.5, 0.6) is 0 Å². The van der Waals surface area contributed by atoms with E-state index in [1.54, 1.807) is 18.2 Å². The van der Waals surface area contributed by atoms with Crippen molar-refractivity contribution in [2.75, 3.05) is 0 Å². The van der Waals surface area contributed by atoms with Crippen molar-refractivity contribution in [3.8, 4) is 0 Å². The standard InChI is InChI=1S/C18H13F3N2O3/c19-10-7-13(20)11(14(21)8-10)5-6-16-22-18(26)12-3-1-2-4-15(12)23(16)9-17(24)25/h1-4,7-8H,5-6,9H2,(H,24,25). The monoisotopic (exact) mass is 362 g/mol. The Morgan fingerprint density at radius 2 is 1.73 bits per heavy atom. The van der Waals surface area contributed by atoms with Crippen LogP contribution < -0.4 is 5.56 Å². The molecule has 0 amide bonds. The van der Waals surface area contributed by atoms with E-state index >= 15 is 0 Å². The van der Waals surface area contributed by atoms with Gasteiger partial charge in [0, 0.05) is 24.1 Å². The number of carbonyl (C=O) groups is 1. The molecule has 0 saturated carbocycles. The van der Waals surface area contributed by atoms with E-state index in [-0.39, 0.29) is 29.6 Å². The summed E-state index contributed by atoms with van der Waals surface area (Å²) in [7, 11) is 0. The van der Waals surface area contributed by atoms with E-state index in [1.807, 2.05) is 0 Å². The van der Waals surface area contributed by atoms with Gasteiger partial charge in [0.25, 0.3) is 5.56 Å². The van der Waals surface area contributed by atoms with E-state index in [2.05, 4.69) is 4.98 Å². The Kier molecular flexibility index (Phi) is 4.75. The summed E-state index contributed by atoms with van der Waals surface area (Å²) in [6, 6.07) is 7.49. The van der Waals surface area contributed by atoms with Crippen molar-refractivity contribution in [2.24, 2.45) is 0 Å². The molecule has 0 fully saturated rings. The topological polar surface area (TPSA) is 72.2 Å². The number of carboxylic acids is 1. The molecule has 3 rings (SSSR count). The Hall–Kier alpha value is -3.16. The van der Waals surface area contributed by atoms with Crippen LogP contribution in [0.15, 0.2) is 41.2 Å². The van der Waals surface area contributed by atoms with Crippen LogP contribution in [0, 0.1) is 17.5 Å². The molecule has 0 aliphatic rings. The highest BCUT2D eigenvalue weighted by molar-refractivity contribution is 5.79. The van der Waals surface area contributed by atoms with Crippen molar-refractivity contribution < 1.29 is 23.1 Å². The Labute approximate surface area is 145 Å². The fourth-order valence-electron chi connectivity index (χ4n) is 2.82. The highest BCUT2D eigenvalue weighted by Gasteiger charge is 2.16. The number of fused-ring (bicyclic) bond motifs is 1. The van der Waals surface area contributed by atoms with Crippen LogP contribution in [-0.4, -0.2) is 20.6 Å². The molecule has 1 heterocycles. The molecule has 0 spiro atoms. The smallest absolute Gasteiger partial charge is 0.323 e. The minimum absolute atomic E-state index is 0.0826. The Bertz CT molecular complexity index is 1040. The lowest BCUT2D eigenvalue weighted by Crippen LogP contribution is -2.22. The van der Waals surface area contributed by atoms with Gasteiger partial charge in [0.2, 0.25) is 0 Å². The number of aryl methyl sites for hydroxylation is 1. The molecule has 1 N–H and O–H groups in total. The first-order chi connectivity index (χ1) is 12.4. The minimum Gasteiger partial charge on any atom is -0.480 e. The quantitative estimate of drug-likeness (QED) is 0.758. The molecule has 3 aromatic rings. The molecule has 26 heavy (non-hydrogen) atoms. The maximum atomic E-state index is 13.8. The predicted octanol–water partition coefficient (Wildman–Crippen LogP) is 2.68. The lowest BCUT2D eigenvalue weighted by Gasteiger charge is -2.14. The number of rotatable bonds is 5. The molecule has 0 saturated heterocycles. The van der Waals surface area contributed by atoms with Crippen molar-refractivity contribution >= 4 is 16.9 Å². The fraction of sp³-hybridized carbons (Fsp3) is 0.167. The molecule has 0 aliphatic heterocycles. The zero-order valence-electron chi connectivity index (χ0n) is 13.4. The highest BCUT2D eigenvalue weighted by atomic mass is 19.1. The van der Waals surface area contributed by atoms with E-state index in [4.69, 9.17) is 5.11 Å². The third-order valence-corrected chi connectivity index (χ3v) is 3.97. The molecule has 0 atom stereocenters. The number of aliphatic carboxylic acids is 1. The lowest BCUT2D eigenvalue weighted by atomic mass is 10.1. The van der Waals surface area contributed by atoms with E-state index in [1.165, 1.54) is 10.6 Å². The van der Waals surface area contributed by atoms with E-state index < -0.39 is 35.5 Å². The fourth-order valence-corrected chi connectivity index (χ4v) is 2.82. The number of nitrogens with zero attached hydrogens (tertiary/aromatic N) is 2. The van der Waals surface area contributed by atoms with Gasteiger partial charge in [-0.15, -0.1) is 0 Å². The zero-order chi connectivity index (χ0) is 18.8. The first-order valence-corrected chi connectivity index (χ1v) is 7.70. The van der Waals surface area contributed by atoms with Crippen molar-refractivity contribution in [2.45, 2.75) is 19.4 Å². The second-order valence-electron chi connectivity index (χ2n) is 5.68. The van der Waals surface area contributed by atoms with Gasteiger partial charge in [0.15, 0.2) is 0 Å². The first kappa shape index (κ1) is 17.7. The molecule has 134 valence electrons. The zero-order valence-corrected chi connectivity index (χ0v) is 13.4. The van der Waals surface area contributed by atoms with Crippen LogP contribution in [0.25, 0.3) is 10.9 Å². The summed E-state index contributed by atoms with van der Waals surface area (Å²) in [5.74, 6) is -4.19.